The monoisotopic (exact) mass is 274 g/mol. The second kappa shape index (κ2) is 6.15. The van der Waals surface area contributed by atoms with Crippen LogP contribution in [0, 0.1) is 5.92 Å². The lowest BCUT2D eigenvalue weighted by Gasteiger charge is -2.23. The van der Waals surface area contributed by atoms with Gasteiger partial charge < -0.3 is 10.3 Å². The van der Waals surface area contributed by atoms with Gasteiger partial charge in [-0.3, -0.25) is 4.90 Å². The van der Waals surface area contributed by atoms with E-state index in [-0.39, 0.29) is 6.04 Å². The first kappa shape index (κ1) is 14.7. The lowest BCUT2D eigenvalue weighted by Crippen LogP contribution is -2.24. The largest absolute Gasteiger partial charge is 0.337 e. The van der Waals surface area contributed by atoms with E-state index in [0.29, 0.717) is 24.2 Å². The second-order valence-electron chi connectivity index (χ2n) is 5.51. The summed E-state index contributed by atoms with van der Waals surface area (Å²) in [5.41, 5.74) is 7.63. The summed E-state index contributed by atoms with van der Waals surface area (Å²) >= 11 is 0. The molecule has 1 atom stereocenters. The van der Waals surface area contributed by atoms with Gasteiger partial charge in [0.1, 0.15) is 0 Å². The summed E-state index contributed by atoms with van der Waals surface area (Å²) in [6.07, 6.45) is 0. The smallest absolute Gasteiger partial charge is 0.244 e. The Balaban J connectivity index is 2.27. The second-order valence-corrected chi connectivity index (χ2v) is 5.51. The Morgan fingerprint density at radius 3 is 2.35 bits per heavy atom. The molecule has 0 unspecified atom stereocenters. The third kappa shape index (κ3) is 3.05. The third-order valence-electron chi connectivity index (χ3n) is 3.33. The molecule has 0 saturated heterocycles. The molecule has 5 nitrogen and oxygen atoms in total. The summed E-state index contributed by atoms with van der Waals surface area (Å²) in [5.74, 6) is 1.68. The van der Waals surface area contributed by atoms with Crippen LogP contribution >= 0.6 is 0 Å². The Morgan fingerprint density at radius 1 is 1.20 bits per heavy atom. The van der Waals surface area contributed by atoms with Crippen molar-refractivity contribution in [2.75, 3.05) is 14.1 Å². The molecule has 2 N–H and O–H groups in total. The zero-order valence-corrected chi connectivity index (χ0v) is 12.5. The Kier molecular flexibility index (Phi) is 4.52. The van der Waals surface area contributed by atoms with E-state index < -0.39 is 0 Å². The number of aromatic nitrogens is 2. The van der Waals surface area contributed by atoms with Crippen LogP contribution in [-0.4, -0.2) is 29.1 Å². The molecule has 0 bridgehead atoms. The third-order valence-corrected chi connectivity index (χ3v) is 3.33. The number of hydrogen-bond acceptors (Lipinski definition) is 5. The molecule has 0 fully saturated rings. The molecule has 20 heavy (non-hydrogen) atoms. The van der Waals surface area contributed by atoms with Gasteiger partial charge in [0.25, 0.3) is 0 Å². The molecule has 0 aliphatic heterocycles. The normalized spacial score (nSPS) is 13.2. The van der Waals surface area contributed by atoms with Gasteiger partial charge in [0.05, 0.1) is 6.04 Å². The van der Waals surface area contributed by atoms with Crippen molar-refractivity contribution < 1.29 is 4.52 Å². The van der Waals surface area contributed by atoms with Gasteiger partial charge in [0.15, 0.2) is 0 Å². The fourth-order valence-electron chi connectivity index (χ4n) is 2.36. The first-order chi connectivity index (χ1) is 9.52. The maximum Gasteiger partial charge on any atom is 0.244 e. The number of nitrogens with zero attached hydrogens (tertiary/aromatic N) is 3. The minimum atomic E-state index is 0.125. The van der Waals surface area contributed by atoms with Gasteiger partial charge in [0.2, 0.25) is 11.7 Å². The molecule has 0 aliphatic carbocycles. The quantitative estimate of drug-likeness (QED) is 0.907. The van der Waals surface area contributed by atoms with Crippen molar-refractivity contribution in [2.45, 2.75) is 26.4 Å². The highest BCUT2D eigenvalue weighted by Crippen LogP contribution is 2.27. The summed E-state index contributed by atoms with van der Waals surface area (Å²) in [6, 6.07) is 8.03. The summed E-state index contributed by atoms with van der Waals surface area (Å²) in [4.78, 5) is 6.62. The Hall–Kier alpha value is -1.72. The number of nitrogens with two attached hydrogens (primary N) is 1. The van der Waals surface area contributed by atoms with Crippen LogP contribution in [0.1, 0.15) is 31.3 Å². The summed E-state index contributed by atoms with van der Waals surface area (Å²) < 4.78 is 5.43. The number of rotatable bonds is 5. The van der Waals surface area contributed by atoms with Gasteiger partial charge in [-0.25, -0.2) is 0 Å². The molecule has 1 aromatic carbocycles. The highest BCUT2D eigenvalue weighted by atomic mass is 16.5. The van der Waals surface area contributed by atoms with Gasteiger partial charge >= 0.3 is 0 Å². The van der Waals surface area contributed by atoms with Crippen molar-refractivity contribution in [2.24, 2.45) is 11.7 Å². The van der Waals surface area contributed by atoms with Crippen LogP contribution in [0.4, 0.5) is 0 Å². The highest BCUT2D eigenvalue weighted by molar-refractivity contribution is 5.54. The zero-order chi connectivity index (χ0) is 14.7. The highest BCUT2D eigenvalue weighted by Gasteiger charge is 2.24. The molecule has 2 aromatic rings. The van der Waals surface area contributed by atoms with Gasteiger partial charge in [-0.1, -0.05) is 43.3 Å². The van der Waals surface area contributed by atoms with E-state index in [1.807, 2.05) is 38.4 Å². The SMILES string of the molecule is CC(C)[C@@H](c1nc(-c2ccc(CN)cc2)no1)N(C)C. The molecule has 1 aromatic heterocycles. The molecule has 0 radical (unpaired) electrons. The van der Waals surface area contributed by atoms with E-state index >= 15 is 0 Å². The van der Waals surface area contributed by atoms with Gasteiger partial charge in [-0.05, 0) is 25.6 Å². The molecule has 0 aliphatic rings. The summed E-state index contributed by atoms with van der Waals surface area (Å²) in [5, 5.41) is 4.08. The lowest BCUT2D eigenvalue weighted by atomic mass is 10.0. The standard InChI is InChI=1S/C15H22N4O/c1-10(2)13(19(3)4)15-17-14(18-20-15)12-7-5-11(9-16)6-8-12/h5-8,10,13H,9,16H2,1-4H3/t13-/m0/s1. The van der Waals surface area contributed by atoms with Crippen molar-refractivity contribution in [3.8, 4) is 11.4 Å². The van der Waals surface area contributed by atoms with E-state index in [1.165, 1.54) is 0 Å². The lowest BCUT2D eigenvalue weighted by molar-refractivity contribution is 0.181. The van der Waals surface area contributed by atoms with E-state index in [1.54, 1.807) is 0 Å². The van der Waals surface area contributed by atoms with Crippen molar-refractivity contribution in [1.29, 1.82) is 0 Å². The molecule has 2 rings (SSSR count). The predicted molar refractivity (Wildman–Crippen MR) is 78.9 cm³/mol. The Bertz CT molecular complexity index is 537. The van der Waals surface area contributed by atoms with Crippen LogP contribution in [0.3, 0.4) is 0 Å². The maximum absolute atomic E-state index is 5.59. The van der Waals surface area contributed by atoms with Crippen LogP contribution in [0.2, 0.25) is 0 Å². The molecule has 108 valence electrons. The number of benzene rings is 1. The Morgan fingerprint density at radius 2 is 1.85 bits per heavy atom. The molecule has 0 amide bonds. The van der Waals surface area contributed by atoms with Crippen molar-refractivity contribution in [3.05, 3.63) is 35.7 Å². The summed E-state index contributed by atoms with van der Waals surface area (Å²) in [6.45, 7) is 4.82. The van der Waals surface area contributed by atoms with Crippen LogP contribution < -0.4 is 5.73 Å². The average molecular weight is 274 g/mol. The molecule has 0 saturated carbocycles. The van der Waals surface area contributed by atoms with Crippen molar-refractivity contribution >= 4 is 0 Å². The molecule has 0 spiro atoms. The zero-order valence-electron chi connectivity index (χ0n) is 12.5. The van der Waals surface area contributed by atoms with Crippen LogP contribution in [0.5, 0.6) is 0 Å². The Labute approximate surface area is 119 Å². The maximum atomic E-state index is 5.59. The fourth-order valence-corrected chi connectivity index (χ4v) is 2.36. The minimum Gasteiger partial charge on any atom is -0.337 e. The van der Waals surface area contributed by atoms with Crippen LogP contribution in [0.15, 0.2) is 28.8 Å². The average Bonchev–Trinajstić information content (AvgIpc) is 2.87. The van der Waals surface area contributed by atoms with E-state index in [9.17, 15) is 0 Å². The molecular formula is C15H22N4O. The molecular weight excluding hydrogens is 252 g/mol. The van der Waals surface area contributed by atoms with Crippen LogP contribution in [0.25, 0.3) is 11.4 Å². The first-order valence-electron chi connectivity index (χ1n) is 6.82. The van der Waals surface area contributed by atoms with Gasteiger partial charge in [-0.2, -0.15) is 4.98 Å². The van der Waals surface area contributed by atoms with E-state index in [4.69, 9.17) is 10.3 Å². The minimum absolute atomic E-state index is 0.125. The molecule has 5 heteroatoms. The van der Waals surface area contributed by atoms with Gasteiger partial charge in [0, 0.05) is 12.1 Å². The first-order valence-corrected chi connectivity index (χ1v) is 6.82. The number of hydrogen-bond donors (Lipinski definition) is 1. The summed E-state index contributed by atoms with van der Waals surface area (Å²) in [7, 11) is 4.04. The van der Waals surface area contributed by atoms with E-state index in [0.717, 1.165) is 11.1 Å². The predicted octanol–water partition coefficient (Wildman–Crippen LogP) is 2.45. The topological polar surface area (TPSA) is 68.2 Å². The van der Waals surface area contributed by atoms with Crippen molar-refractivity contribution in [1.82, 2.24) is 15.0 Å². The van der Waals surface area contributed by atoms with Crippen LogP contribution in [-0.2, 0) is 6.54 Å². The van der Waals surface area contributed by atoms with Crippen molar-refractivity contribution in [3.63, 3.8) is 0 Å². The van der Waals surface area contributed by atoms with E-state index in [2.05, 4.69) is 28.9 Å². The van der Waals surface area contributed by atoms with Gasteiger partial charge in [-0.15, -0.1) is 0 Å². The molecule has 1 heterocycles. The fraction of sp³-hybridized carbons (Fsp3) is 0.467.